The van der Waals surface area contributed by atoms with Gasteiger partial charge in [0.25, 0.3) is 5.91 Å². The molecule has 21 heavy (non-hydrogen) atoms. The van der Waals surface area contributed by atoms with Crippen LogP contribution in [0.1, 0.15) is 38.4 Å². The Morgan fingerprint density at radius 2 is 2.14 bits per heavy atom. The zero-order valence-corrected chi connectivity index (χ0v) is 13.6. The number of allylic oxidation sites excluding steroid dienone is 1. The lowest BCUT2D eigenvalue weighted by Crippen LogP contribution is -2.22. The van der Waals surface area contributed by atoms with Gasteiger partial charge in [-0.2, -0.15) is 0 Å². The van der Waals surface area contributed by atoms with Gasteiger partial charge in [-0.1, -0.05) is 35.9 Å². The highest BCUT2D eigenvalue weighted by atomic mass is 79.9. The van der Waals surface area contributed by atoms with Gasteiger partial charge in [-0.15, -0.1) is 0 Å². The van der Waals surface area contributed by atoms with E-state index in [0.29, 0.717) is 18.4 Å². The van der Waals surface area contributed by atoms with E-state index in [2.05, 4.69) is 15.9 Å². The zero-order valence-electron chi connectivity index (χ0n) is 12.0. The number of rotatable bonds is 6. The number of hydrogen-bond donors (Lipinski definition) is 4. The molecule has 1 aromatic rings. The molecule has 0 radical (unpaired) electrons. The van der Waals surface area contributed by atoms with E-state index in [0.717, 1.165) is 4.47 Å². The molecule has 0 aliphatic heterocycles. The number of halogens is 1. The van der Waals surface area contributed by atoms with Gasteiger partial charge in [-0.05, 0) is 36.5 Å². The van der Waals surface area contributed by atoms with Gasteiger partial charge in [0.1, 0.15) is 5.75 Å². The molecule has 1 aromatic carbocycles. The Kier molecular flexibility index (Phi) is 6.39. The first kappa shape index (κ1) is 17.7. The number of carbonyl (C=O) groups is 1. The molecule has 0 unspecified atom stereocenters. The van der Waals surface area contributed by atoms with E-state index in [1.807, 2.05) is 13.8 Å². The molecule has 0 saturated carbocycles. The first-order chi connectivity index (χ1) is 9.77. The smallest absolute Gasteiger partial charge is 0.267 e. The molecule has 6 heteroatoms. The van der Waals surface area contributed by atoms with Crippen LogP contribution in [-0.2, 0) is 4.79 Å². The van der Waals surface area contributed by atoms with Gasteiger partial charge in [0.2, 0.25) is 0 Å². The highest BCUT2D eigenvalue weighted by Gasteiger charge is 2.30. The topological polar surface area (TPSA) is 89.8 Å². The number of carbonyl (C=O) groups excluding carboxylic acids is 1. The Morgan fingerprint density at radius 1 is 1.48 bits per heavy atom. The first-order valence-electron chi connectivity index (χ1n) is 6.55. The summed E-state index contributed by atoms with van der Waals surface area (Å²) < 4.78 is 0.782. The van der Waals surface area contributed by atoms with Crippen molar-refractivity contribution in [3.05, 3.63) is 40.4 Å². The second-order valence-corrected chi connectivity index (χ2v) is 6.43. The summed E-state index contributed by atoms with van der Waals surface area (Å²) in [7, 11) is 0. The summed E-state index contributed by atoms with van der Waals surface area (Å²) >= 11 is 3.32. The maximum atomic E-state index is 10.8. The summed E-state index contributed by atoms with van der Waals surface area (Å²) in [5.41, 5.74) is 1.49. The molecule has 0 heterocycles. The van der Waals surface area contributed by atoms with Crippen LogP contribution in [0.5, 0.6) is 5.75 Å². The second-order valence-electron chi connectivity index (χ2n) is 5.51. The fraction of sp³-hybridized carbons (Fsp3) is 0.400. The predicted octanol–water partition coefficient (Wildman–Crippen LogP) is 3.06. The minimum Gasteiger partial charge on any atom is -0.508 e. The van der Waals surface area contributed by atoms with Gasteiger partial charge in [0.15, 0.2) is 0 Å². The normalized spacial score (nSPS) is 13.4. The van der Waals surface area contributed by atoms with Gasteiger partial charge in [0.05, 0.1) is 6.10 Å². The standard InChI is InChI=1S/C15H20BrNO4/c1-15(2,8-4-3-5-13(19)17-21)14(20)11-9-10(16)6-7-12(11)18/h3,5-7,9,14,18,20-21H,4,8H2,1-2H3,(H,17,19)/b5-3+/t14-/m1/s1. The predicted molar refractivity (Wildman–Crippen MR) is 82.9 cm³/mol. The second kappa shape index (κ2) is 7.59. The van der Waals surface area contributed by atoms with Gasteiger partial charge >= 0.3 is 0 Å². The lowest BCUT2D eigenvalue weighted by molar-refractivity contribution is -0.124. The van der Waals surface area contributed by atoms with Crippen molar-refractivity contribution in [2.45, 2.75) is 32.8 Å². The number of amides is 1. The first-order valence-corrected chi connectivity index (χ1v) is 7.34. The third kappa shape index (κ3) is 5.15. The largest absolute Gasteiger partial charge is 0.508 e. The molecule has 1 amide bonds. The van der Waals surface area contributed by atoms with E-state index in [-0.39, 0.29) is 5.75 Å². The Labute approximate surface area is 132 Å². The van der Waals surface area contributed by atoms with E-state index in [1.54, 1.807) is 18.2 Å². The van der Waals surface area contributed by atoms with Crippen LogP contribution < -0.4 is 5.48 Å². The summed E-state index contributed by atoms with van der Waals surface area (Å²) in [6.45, 7) is 3.77. The van der Waals surface area contributed by atoms with E-state index >= 15 is 0 Å². The summed E-state index contributed by atoms with van der Waals surface area (Å²) in [5, 5.41) is 28.7. The Balaban J connectivity index is 2.75. The fourth-order valence-electron chi connectivity index (χ4n) is 1.99. The van der Waals surface area contributed by atoms with Crippen LogP contribution in [0.25, 0.3) is 0 Å². The molecule has 4 N–H and O–H groups in total. The number of phenolic OH excluding ortho intramolecular Hbond substituents is 1. The average Bonchev–Trinajstić information content (AvgIpc) is 2.45. The van der Waals surface area contributed by atoms with Crippen molar-refractivity contribution in [1.82, 2.24) is 5.48 Å². The SMILES string of the molecule is CC(C)(CC/C=C/C(=O)NO)[C@H](O)c1cc(Br)ccc1O. The molecule has 0 aliphatic carbocycles. The van der Waals surface area contributed by atoms with Gasteiger partial charge in [0, 0.05) is 16.1 Å². The van der Waals surface area contributed by atoms with Crippen molar-refractivity contribution in [3.63, 3.8) is 0 Å². The number of benzene rings is 1. The maximum absolute atomic E-state index is 10.8. The van der Waals surface area contributed by atoms with Crippen molar-refractivity contribution in [2.75, 3.05) is 0 Å². The summed E-state index contributed by atoms with van der Waals surface area (Å²) in [5.74, 6) is -0.535. The molecule has 1 rings (SSSR count). The monoisotopic (exact) mass is 357 g/mol. The Hall–Kier alpha value is -1.37. The van der Waals surface area contributed by atoms with Gasteiger partial charge < -0.3 is 10.2 Å². The maximum Gasteiger partial charge on any atom is 0.267 e. The molecule has 0 bridgehead atoms. The van der Waals surface area contributed by atoms with Crippen LogP contribution >= 0.6 is 15.9 Å². The van der Waals surface area contributed by atoms with Gasteiger partial charge in [-0.25, -0.2) is 5.48 Å². The molecule has 0 aromatic heterocycles. The summed E-state index contributed by atoms with van der Waals surface area (Å²) in [6, 6.07) is 4.93. The third-order valence-electron chi connectivity index (χ3n) is 3.36. The fourth-order valence-corrected chi connectivity index (χ4v) is 2.36. The molecular weight excluding hydrogens is 338 g/mol. The van der Waals surface area contributed by atoms with Crippen molar-refractivity contribution >= 4 is 21.8 Å². The molecule has 0 spiro atoms. The third-order valence-corrected chi connectivity index (χ3v) is 3.85. The number of phenols is 1. The number of hydrogen-bond acceptors (Lipinski definition) is 4. The van der Waals surface area contributed by atoms with Crippen LogP contribution in [0.2, 0.25) is 0 Å². The molecule has 0 saturated heterocycles. The molecule has 116 valence electrons. The number of hydroxylamine groups is 1. The van der Waals surface area contributed by atoms with E-state index in [4.69, 9.17) is 5.21 Å². The van der Waals surface area contributed by atoms with E-state index in [1.165, 1.54) is 17.6 Å². The van der Waals surface area contributed by atoms with Gasteiger partial charge in [-0.3, -0.25) is 10.0 Å². The number of aliphatic hydroxyl groups excluding tert-OH is 1. The minimum atomic E-state index is -0.838. The number of aliphatic hydroxyl groups is 1. The van der Waals surface area contributed by atoms with Crippen molar-refractivity contribution in [1.29, 1.82) is 0 Å². The molecule has 1 atom stereocenters. The molecule has 5 nitrogen and oxygen atoms in total. The van der Waals surface area contributed by atoms with E-state index < -0.39 is 17.4 Å². The summed E-state index contributed by atoms with van der Waals surface area (Å²) in [6.07, 6.45) is 3.19. The van der Waals surface area contributed by atoms with Crippen molar-refractivity contribution < 1.29 is 20.2 Å². The molecule has 0 aliphatic rings. The molecular formula is C15H20BrNO4. The van der Waals surface area contributed by atoms with Crippen LogP contribution in [0, 0.1) is 5.41 Å². The van der Waals surface area contributed by atoms with Crippen LogP contribution in [0.15, 0.2) is 34.8 Å². The van der Waals surface area contributed by atoms with Crippen LogP contribution in [0.3, 0.4) is 0 Å². The highest BCUT2D eigenvalue weighted by molar-refractivity contribution is 9.10. The van der Waals surface area contributed by atoms with E-state index in [9.17, 15) is 15.0 Å². The average molecular weight is 358 g/mol. The Morgan fingerprint density at radius 3 is 2.76 bits per heavy atom. The van der Waals surface area contributed by atoms with Crippen molar-refractivity contribution in [2.24, 2.45) is 5.41 Å². The Bertz CT molecular complexity index is 528. The minimum absolute atomic E-state index is 0.0500. The number of aromatic hydroxyl groups is 1. The highest BCUT2D eigenvalue weighted by Crippen LogP contribution is 2.41. The van der Waals surface area contributed by atoms with Crippen LogP contribution in [-0.4, -0.2) is 21.3 Å². The van der Waals surface area contributed by atoms with Crippen LogP contribution in [0.4, 0.5) is 0 Å². The zero-order chi connectivity index (χ0) is 16.0. The lowest BCUT2D eigenvalue weighted by Gasteiger charge is -2.31. The quantitative estimate of drug-likeness (QED) is 0.357. The number of nitrogens with one attached hydrogen (secondary N) is 1. The molecule has 0 fully saturated rings. The lowest BCUT2D eigenvalue weighted by atomic mass is 9.78. The summed E-state index contributed by atoms with van der Waals surface area (Å²) in [4.78, 5) is 10.8. The van der Waals surface area contributed by atoms with Crippen molar-refractivity contribution in [3.8, 4) is 5.75 Å².